The molecule has 0 aromatic heterocycles. The first kappa shape index (κ1) is 19.4. The van der Waals surface area contributed by atoms with Gasteiger partial charge in [-0.15, -0.1) is 0 Å². The van der Waals surface area contributed by atoms with E-state index < -0.39 is 0 Å². The van der Waals surface area contributed by atoms with Gasteiger partial charge in [0, 0.05) is 10.9 Å². The summed E-state index contributed by atoms with van der Waals surface area (Å²) in [5.41, 5.74) is 5.50. The van der Waals surface area contributed by atoms with Gasteiger partial charge >= 0.3 is 0 Å². The van der Waals surface area contributed by atoms with E-state index in [9.17, 15) is 9.90 Å². The Balaban J connectivity index is 2.16. The molecule has 3 aromatic rings. The van der Waals surface area contributed by atoms with E-state index in [4.69, 9.17) is 0 Å². The van der Waals surface area contributed by atoms with E-state index >= 15 is 0 Å². The maximum atomic E-state index is 12.5. The molecule has 0 aliphatic heterocycles. The molecular weight excluding hydrogens is 368 g/mol. The number of fused-ring (bicyclic) bond motifs is 2. The second-order valence-corrected chi connectivity index (χ2v) is 7.07. The highest BCUT2D eigenvalue weighted by atomic mass is 16.3. The zero-order chi connectivity index (χ0) is 21.1. The predicted molar refractivity (Wildman–Crippen MR) is 125 cm³/mol. The van der Waals surface area contributed by atoms with Crippen LogP contribution in [0, 0.1) is 0 Å². The Labute approximate surface area is 176 Å². The number of hydrogen-bond acceptors (Lipinski definition) is 2. The molecule has 0 saturated heterocycles. The van der Waals surface area contributed by atoms with Gasteiger partial charge in [-0.3, -0.25) is 4.79 Å². The van der Waals surface area contributed by atoms with E-state index in [0.29, 0.717) is 5.56 Å². The lowest BCUT2D eigenvalue weighted by atomic mass is 9.82. The van der Waals surface area contributed by atoms with Crippen LogP contribution in [0.5, 0.6) is 5.75 Å². The highest BCUT2D eigenvalue weighted by molar-refractivity contribution is 6.18. The van der Waals surface area contributed by atoms with Crippen molar-refractivity contribution in [2.24, 2.45) is 0 Å². The van der Waals surface area contributed by atoms with Gasteiger partial charge in [0.2, 0.25) is 0 Å². The number of rotatable bonds is 4. The quantitative estimate of drug-likeness (QED) is 0.492. The van der Waals surface area contributed by atoms with Gasteiger partial charge < -0.3 is 5.11 Å². The van der Waals surface area contributed by atoms with Crippen molar-refractivity contribution in [1.29, 1.82) is 0 Å². The number of hydrogen-bond donors (Lipinski definition) is 1. The molecule has 2 nitrogen and oxygen atoms in total. The van der Waals surface area contributed by atoms with Crippen molar-refractivity contribution in [3.63, 3.8) is 0 Å². The zero-order valence-electron chi connectivity index (χ0n) is 16.8. The number of carbonyl (C=O) groups is 1. The van der Waals surface area contributed by atoms with E-state index in [1.165, 1.54) is 0 Å². The number of aromatic hydroxyl groups is 1. The number of benzene rings is 3. The molecule has 1 aliphatic carbocycles. The number of phenolic OH excluding ortho intramolecular Hbond substituents is 1. The fourth-order valence-corrected chi connectivity index (χ4v) is 3.98. The Morgan fingerprint density at radius 1 is 0.900 bits per heavy atom. The number of carbonyl (C=O) groups excluding carboxylic acids is 1. The molecule has 0 fully saturated rings. The van der Waals surface area contributed by atoms with Crippen LogP contribution in [0.25, 0.3) is 21.9 Å². The van der Waals surface area contributed by atoms with Gasteiger partial charge in [0.25, 0.3) is 0 Å². The van der Waals surface area contributed by atoms with Gasteiger partial charge in [0.15, 0.2) is 5.78 Å². The highest BCUT2D eigenvalue weighted by Crippen LogP contribution is 2.41. The van der Waals surface area contributed by atoms with E-state index in [-0.39, 0.29) is 11.5 Å². The number of ketones is 1. The Bertz CT molecular complexity index is 1280. The minimum atomic E-state index is 0.00421. The van der Waals surface area contributed by atoms with E-state index in [0.717, 1.165) is 38.6 Å². The van der Waals surface area contributed by atoms with Crippen molar-refractivity contribution in [2.75, 3.05) is 0 Å². The van der Waals surface area contributed by atoms with Crippen LogP contribution in [0.1, 0.15) is 28.4 Å². The monoisotopic (exact) mass is 390 g/mol. The second-order valence-electron chi connectivity index (χ2n) is 7.07. The summed E-state index contributed by atoms with van der Waals surface area (Å²) in [4.78, 5) is 12.5. The maximum absolute atomic E-state index is 12.5. The normalized spacial score (nSPS) is 15.5. The Morgan fingerprint density at radius 2 is 1.60 bits per heavy atom. The van der Waals surface area contributed by atoms with Crippen LogP contribution in [-0.4, -0.2) is 10.9 Å². The van der Waals surface area contributed by atoms with Gasteiger partial charge in [-0.25, -0.2) is 0 Å². The summed E-state index contributed by atoms with van der Waals surface area (Å²) in [6.07, 6.45) is 11.3. The molecule has 1 N–H and O–H groups in total. The summed E-state index contributed by atoms with van der Waals surface area (Å²) in [5.74, 6) is 0.248. The van der Waals surface area contributed by atoms with Crippen LogP contribution in [0.3, 0.4) is 0 Å². The summed E-state index contributed by atoms with van der Waals surface area (Å²) >= 11 is 0. The molecule has 0 bridgehead atoms. The van der Waals surface area contributed by atoms with Crippen LogP contribution < -0.4 is 0 Å². The van der Waals surface area contributed by atoms with Crippen molar-refractivity contribution in [3.05, 3.63) is 126 Å². The first-order valence-electron chi connectivity index (χ1n) is 9.88. The lowest BCUT2D eigenvalue weighted by molar-refractivity contribution is 0.104. The molecule has 0 saturated carbocycles. The first-order chi connectivity index (χ1) is 14.7. The highest BCUT2D eigenvalue weighted by Gasteiger charge is 2.22. The summed E-state index contributed by atoms with van der Waals surface area (Å²) in [6.45, 7) is 5.87. The molecule has 1 aliphatic rings. The van der Waals surface area contributed by atoms with Gasteiger partial charge in [0.1, 0.15) is 5.75 Å². The van der Waals surface area contributed by atoms with Crippen LogP contribution in [0.2, 0.25) is 0 Å². The maximum Gasteiger partial charge on any atom is 0.186 e. The first-order valence-corrected chi connectivity index (χ1v) is 9.88. The fourth-order valence-electron chi connectivity index (χ4n) is 3.98. The lowest BCUT2D eigenvalue weighted by Crippen LogP contribution is -2.07. The van der Waals surface area contributed by atoms with Gasteiger partial charge in [-0.2, -0.15) is 0 Å². The van der Waals surface area contributed by atoms with Crippen molar-refractivity contribution >= 4 is 27.7 Å². The second kappa shape index (κ2) is 8.22. The predicted octanol–water partition coefficient (Wildman–Crippen LogP) is 6.90. The molecular formula is C28H22O2. The Kier molecular flexibility index (Phi) is 5.32. The third-order valence-corrected chi connectivity index (χ3v) is 5.26. The van der Waals surface area contributed by atoms with Crippen molar-refractivity contribution in [2.45, 2.75) is 6.92 Å². The molecule has 0 unspecified atom stereocenters. The van der Waals surface area contributed by atoms with E-state index in [1.807, 2.05) is 85.8 Å². The van der Waals surface area contributed by atoms with Gasteiger partial charge in [-0.05, 0) is 58.4 Å². The molecule has 2 heteroatoms. The SMILES string of the molecule is C=C/C=C(\C=C/C)C(=C1/C=CC(=O)c2ccccc21)/c1ccc(O)c2ccccc12. The molecule has 0 amide bonds. The van der Waals surface area contributed by atoms with Crippen LogP contribution >= 0.6 is 0 Å². The van der Waals surface area contributed by atoms with Crippen LogP contribution in [-0.2, 0) is 0 Å². The largest absolute Gasteiger partial charge is 0.507 e. The molecule has 0 spiro atoms. The fraction of sp³-hybridized carbons (Fsp3) is 0.0357. The lowest BCUT2D eigenvalue weighted by Gasteiger charge is -2.21. The smallest absolute Gasteiger partial charge is 0.186 e. The number of allylic oxidation sites excluding steroid dienone is 9. The third kappa shape index (κ3) is 3.33. The minimum Gasteiger partial charge on any atom is -0.507 e. The molecule has 30 heavy (non-hydrogen) atoms. The molecule has 0 heterocycles. The Hall–Kier alpha value is -3.91. The average Bonchev–Trinajstić information content (AvgIpc) is 2.77. The van der Waals surface area contributed by atoms with Gasteiger partial charge in [-0.1, -0.05) is 85.5 Å². The Morgan fingerprint density at radius 3 is 2.33 bits per heavy atom. The summed E-state index contributed by atoms with van der Waals surface area (Å²) in [6, 6.07) is 19.1. The third-order valence-electron chi connectivity index (χ3n) is 5.26. The summed E-state index contributed by atoms with van der Waals surface area (Å²) in [7, 11) is 0. The standard InChI is InChI=1S/C28H22O2/c1-3-9-19(10-4-2)28(24-15-17-26(29)22-13-7-5-11-20(22)24)25-16-18-27(30)23-14-8-6-12-21(23)25/h3-18,29H,1H2,2H3/b10-4-,19-9+,28-25+. The van der Waals surface area contributed by atoms with E-state index in [2.05, 4.69) is 6.58 Å². The molecule has 0 atom stereocenters. The van der Waals surface area contributed by atoms with Crippen molar-refractivity contribution in [1.82, 2.24) is 0 Å². The van der Waals surface area contributed by atoms with Crippen molar-refractivity contribution < 1.29 is 9.90 Å². The number of phenols is 1. The molecule has 4 rings (SSSR count). The van der Waals surface area contributed by atoms with Crippen LogP contribution in [0.15, 0.2) is 109 Å². The van der Waals surface area contributed by atoms with E-state index in [1.54, 1.807) is 18.2 Å². The van der Waals surface area contributed by atoms with Crippen LogP contribution in [0.4, 0.5) is 0 Å². The summed E-state index contributed by atoms with van der Waals surface area (Å²) in [5, 5.41) is 12.1. The molecule has 146 valence electrons. The van der Waals surface area contributed by atoms with Crippen molar-refractivity contribution in [3.8, 4) is 5.75 Å². The summed E-state index contributed by atoms with van der Waals surface area (Å²) < 4.78 is 0. The topological polar surface area (TPSA) is 37.3 Å². The molecule has 0 radical (unpaired) electrons. The van der Waals surface area contributed by atoms with Gasteiger partial charge in [0.05, 0.1) is 0 Å². The minimum absolute atomic E-state index is 0.00421. The molecule has 3 aromatic carbocycles. The average molecular weight is 390 g/mol. The zero-order valence-corrected chi connectivity index (χ0v) is 16.8.